The van der Waals surface area contributed by atoms with Crippen molar-refractivity contribution in [3.8, 4) is 17.2 Å². The highest BCUT2D eigenvalue weighted by molar-refractivity contribution is 7.92. The van der Waals surface area contributed by atoms with Crippen LogP contribution in [0.5, 0.6) is 11.5 Å². The number of ether oxygens (including phenoxy) is 3. The third kappa shape index (κ3) is 9.54. The van der Waals surface area contributed by atoms with E-state index >= 15 is 0 Å². The summed E-state index contributed by atoms with van der Waals surface area (Å²) in [4.78, 5) is 33.1. The van der Waals surface area contributed by atoms with Crippen LogP contribution >= 0.6 is 11.6 Å². The number of amides is 1. The normalized spacial score (nSPS) is 12.5. The maximum atomic E-state index is 14.9. The maximum absolute atomic E-state index is 14.9. The lowest BCUT2D eigenvalue weighted by Crippen LogP contribution is -2.39. The molecule has 0 aliphatic carbocycles. The van der Waals surface area contributed by atoms with E-state index in [-0.39, 0.29) is 62.7 Å². The van der Waals surface area contributed by atoms with Gasteiger partial charge in [-0.3, -0.25) is 14.0 Å². The molecule has 6 rings (SSSR count). The Morgan fingerprint density at radius 1 is 0.932 bits per heavy atom. The van der Waals surface area contributed by atoms with Gasteiger partial charge in [0.25, 0.3) is 12.0 Å². The number of carbonyl (C=O) groups excluding carboxylic acids is 1. The van der Waals surface area contributed by atoms with Gasteiger partial charge in [0.2, 0.25) is 10.0 Å². The van der Waals surface area contributed by atoms with Crippen LogP contribution in [0.3, 0.4) is 0 Å². The van der Waals surface area contributed by atoms with Crippen molar-refractivity contribution in [3.05, 3.63) is 117 Å². The molecule has 2 heterocycles. The summed E-state index contributed by atoms with van der Waals surface area (Å²) >= 11 is 6.81. The quantitative estimate of drug-likeness (QED) is 0.115. The standard InChI is InChI=1S/C40H39ClF4N6O7S/c1-40(2,3)58-39(53)47-31(17-23-15-24(42)18-25(43)16-23)36-46-30-19-27(57-5)11-12-28(30)38(52)51(36)32-14-13-29(41)34-35(32)49(21-33(44)45)48-37(34)50(59(6,54)55)20-22-7-9-26(56-4)10-8-22/h7-16,18-19,31,33H,17,20-21H2,1-6H3,(H,47,53)/t31-/m0/s1. The van der Waals surface area contributed by atoms with Crippen LogP contribution in [0.25, 0.3) is 27.5 Å². The van der Waals surface area contributed by atoms with Crippen molar-refractivity contribution in [3.63, 3.8) is 0 Å². The van der Waals surface area contributed by atoms with Crippen molar-refractivity contribution in [2.24, 2.45) is 0 Å². The number of fused-ring (bicyclic) bond motifs is 2. The number of rotatable bonds is 13. The van der Waals surface area contributed by atoms with E-state index in [1.807, 2.05) is 0 Å². The second-order valence-electron chi connectivity index (χ2n) is 14.5. The number of aromatic nitrogens is 4. The Balaban J connectivity index is 1.69. The van der Waals surface area contributed by atoms with E-state index in [1.165, 1.54) is 44.6 Å². The van der Waals surface area contributed by atoms with Crippen molar-refractivity contribution in [2.45, 2.75) is 58.3 Å². The second-order valence-corrected chi connectivity index (χ2v) is 16.8. The van der Waals surface area contributed by atoms with Gasteiger partial charge < -0.3 is 19.5 Å². The minimum Gasteiger partial charge on any atom is -0.497 e. The molecule has 0 saturated carbocycles. The fraction of sp³-hybridized carbons (Fsp3) is 0.300. The molecule has 0 aliphatic rings. The van der Waals surface area contributed by atoms with E-state index in [0.29, 0.717) is 23.1 Å². The number of alkyl halides is 2. The summed E-state index contributed by atoms with van der Waals surface area (Å²) in [5, 5.41) is 6.86. The highest BCUT2D eigenvalue weighted by Crippen LogP contribution is 2.39. The molecule has 0 radical (unpaired) electrons. The molecule has 1 amide bonds. The van der Waals surface area contributed by atoms with Gasteiger partial charge >= 0.3 is 6.09 Å². The first-order chi connectivity index (χ1) is 27.8. The van der Waals surface area contributed by atoms with Gasteiger partial charge in [-0.25, -0.2) is 40.1 Å². The SMILES string of the molecule is COc1ccc(CN(c2nn(CC(F)F)c3c(-n4c([C@H](Cc5cc(F)cc(F)c5)NC(=O)OC(C)(C)C)nc5cc(OC)ccc5c4=O)ccc(Cl)c23)S(C)(=O)=O)cc1. The van der Waals surface area contributed by atoms with Crippen LogP contribution in [0, 0.1) is 11.6 Å². The van der Waals surface area contributed by atoms with Crippen LogP contribution in [-0.4, -0.2) is 66.3 Å². The van der Waals surface area contributed by atoms with E-state index in [0.717, 1.165) is 31.9 Å². The van der Waals surface area contributed by atoms with Crippen LogP contribution in [-0.2, 0) is 34.3 Å². The zero-order valence-electron chi connectivity index (χ0n) is 32.6. The number of sulfonamides is 1. The van der Waals surface area contributed by atoms with E-state index in [4.69, 9.17) is 30.8 Å². The lowest BCUT2D eigenvalue weighted by atomic mass is 10.0. The molecular weight excluding hydrogens is 820 g/mol. The molecule has 4 aromatic carbocycles. The Hall–Kier alpha value is -5.88. The van der Waals surface area contributed by atoms with E-state index < -0.39 is 57.9 Å². The van der Waals surface area contributed by atoms with E-state index in [9.17, 15) is 35.6 Å². The predicted molar refractivity (Wildman–Crippen MR) is 214 cm³/mol. The van der Waals surface area contributed by atoms with Crippen LogP contribution in [0.4, 0.5) is 28.2 Å². The zero-order chi connectivity index (χ0) is 43.0. The first-order valence-corrected chi connectivity index (χ1v) is 20.1. The number of hydrogen-bond acceptors (Lipinski definition) is 9. The highest BCUT2D eigenvalue weighted by atomic mass is 35.5. The van der Waals surface area contributed by atoms with Gasteiger partial charge in [-0.2, -0.15) is 5.10 Å². The predicted octanol–water partition coefficient (Wildman–Crippen LogP) is 7.72. The summed E-state index contributed by atoms with van der Waals surface area (Å²) in [6.45, 7) is 3.46. The van der Waals surface area contributed by atoms with E-state index in [1.54, 1.807) is 45.0 Å². The first-order valence-electron chi connectivity index (χ1n) is 17.9. The average Bonchev–Trinajstić information content (AvgIpc) is 3.51. The lowest BCUT2D eigenvalue weighted by molar-refractivity contribution is 0.0500. The molecule has 0 fully saturated rings. The number of benzene rings is 4. The van der Waals surface area contributed by atoms with Gasteiger partial charge in [0, 0.05) is 18.6 Å². The third-order valence-corrected chi connectivity index (χ3v) is 10.4. The number of methoxy groups -OCH3 is 2. The second kappa shape index (κ2) is 16.8. The molecule has 0 bridgehead atoms. The molecule has 1 atom stereocenters. The lowest BCUT2D eigenvalue weighted by Gasteiger charge is -2.26. The summed E-state index contributed by atoms with van der Waals surface area (Å²) in [6.07, 6.45) is -3.47. The number of alkyl carbamates (subject to hydrolysis) is 1. The topological polar surface area (TPSA) is 147 Å². The van der Waals surface area contributed by atoms with Crippen LogP contribution in [0.1, 0.15) is 43.8 Å². The average molecular weight is 859 g/mol. The van der Waals surface area contributed by atoms with Crippen molar-refractivity contribution in [1.82, 2.24) is 24.6 Å². The number of nitrogens with one attached hydrogen (secondary N) is 1. The molecule has 1 N–H and O–H groups in total. The van der Waals surface area contributed by atoms with Gasteiger partial charge in [-0.15, -0.1) is 0 Å². The van der Waals surface area contributed by atoms with Crippen molar-refractivity contribution < 1.29 is 45.0 Å². The van der Waals surface area contributed by atoms with Gasteiger partial charge in [0.15, 0.2) is 5.82 Å². The Bertz CT molecular complexity index is 2700. The zero-order valence-corrected chi connectivity index (χ0v) is 34.2. The highest BCUT2D eigenvalue weighted by Gasteiger charge is 2.32. The number of anilines is 1. The minimum atomic E-state index is -4.20. The largest absolute Gasteiger partial charge is 0.497 e. The molecule has 13 nitrogen and oxygen atoms in total. The Morgan fingerprint density at radius 2 is 1.58 bits per heavy atom. The minimum absolute atomic E-state index is 0.0166. The van der Waals surface area contributed by atoms with Crippen molar-refractivity contribution in [1.29, 1.82) is 0 Å². The summed E-state index contributed by atoms with van der Waals surface area (Å²) in [5.41, 5.74) is -1.52. The summed E-state index contributed by atoms with van der Waals surface area (Å²) in [7, 11) is -1.34. The molecule has 0 aliphatic heterocycles. The number of hydrogen-bond donors (Lipinski definition) is 1. The Morgan fingerprint density at radius 3 is 2.17 bits per heavy atom. The molecule has 59 heavy (non-hydrogen) atoms. The van der Waals surface area contributed by atoms with Crippen molar-refractivity contribution in [2.75, 3.05) is 24.8 Å². The molecule has 0 saturated heterocycles. The first kappa shape index (κ1) is 42.7. The molecule has 0 unspecified atom stereocenters. The third-order valence-electron chi connectivity index (χ3n) is 8.94. The fourth-order valence-electron chi connectivity index (χ4n) is 6.51. The smallest absolute Gasteiger partial charge is 0.408 e. The van der Waals surface area contributed by atoms with Gasteiger partial charge in [0.05, 0.1) is 65.6 Å². The van der Waals surface area contributed by atoms with Gasteiger partial charge in [0.1, 0.15) is 41.1 Å². The monoisotopic (exact) mass is 858 g/mol. The summed E-state index contributed by atoms with van der Waals surface area (Å²) < 4.78 is 104. The van der Waals surface area contributed by atoms with Crippen LogP contribution in [0.2, 0.25) is 5.02 Å². The number of carbonyl (C=O) groups is 1. The van der Waals surface area contributed by atoms with Crippen LogP contribution < -0.4 is 24.7 Å². The Kier molecular flexibility index (Phi) is 12.1. The fourth-order valence-corrected chi connectivity index (χ4v) is 7.57. The van der Waals surface area contributed by atoms with Crippen molar-refractivity contribution >= 4 is 55.3 Å². The molecule has 0 spiro atoms. The van der Waals surface area contributed by atoms with E-state index in [2.05, 4.69) is 10.4 Å². The Labute approximate surface area is 341 Å². The number of halogens is 5. The van der Waals surface area contributed by atoms with Gasteiger partial charge in [-0.05, 0) is 80.4 Å². The van der Waals surface area contributed by atoms with Gasteiger partial charge in [-0.1, -0.05) is 23.7 Å². The molecule has 2 aromatic heterocycles. The maximum Gasteiger partial charge on any atom is 0.408 e. The van der Waals surface area contributed by atoms with Crippen LogP contribution in [0.15, 0.2) is 77.6 Å². The molecule has 6 aromatic rings. The molecule has 19 heteroatoms. The molecular formula is C40H39ClF4N6O7S. The summed E-state index contributed by atoms with van der Waals surface area (Å²) in [5.74, 6) is -1.58. The summed E-state index contributed by atoms with van der Waals surface area (Å²) in [6, 6.07) is 14.9. The number of nitrogens with zero attached hydrogens (tertiary/aromatic N) is 5. The molecule has 312 valence electrons.